The predicted octanol–water partition coefficient (Wildman–Crippen LogP) is 4.62. The summed E-state index contributed by atoms with van der Waals surface area (Å²) in [6.07, 6.45) is 1.87. The van der Waals surface area contributed by atoms with Crippen molar-refractivity contribution >= 4 is 6.09 Å². The van der Waals surface area contributed by atoms with Gasteiger partial charge in [0, 0.05) is 30.2 Å². The maximum Gasteiger partial charge on any atom is 0.407 e. The number of ether oxygens (including phenoxy) is 4. The molecule has 0 spiro atoms. The van der Waals surface area contributed by atoms with Crippen LogP contribution in [0.5, 0.6) is 11.5 Å². The number of alkyl carbamates (subject to hydrolysis) is 1. The summed E-state index contributed by atoms with van der Waals surface area (Å²) in [4.78, 5) is 15.4. The van der Waals surface area contributed by atoms with E-state index < -0.39 is 0 Å². The number of benzene rings is 2. The van der Waals surface area contributed by atoms with Crippen LogP contribution in [0, 0.1) is 11.3 Å². The molecule has 2 aromatic carbocycles. The summed E-state index contributed by atoms with van der Waals surface area (Å²) in [6.45, 7) is 7.98. The fraction of sp³-hybridized carbons (Fsp3) is 0.519. The molecule has 7 nitrogen and oxygen atoms in total. The quantitative estimate of drug-likeness (QED) is 0.627. The second-order valence-corrected chi connectivity index (χ2v) is 10.2. The number of para-hydroxylation sites is 1. The van der Waals surface area contributed by atoms with E-state index in [4.69, 9.17) is 18.9 Å². The van der Waals surface area contributed by atoms with Gasteiger partial charge in [-0.3, -0.25) is 4.90 Å². The van der Waals surface area contributed by atoms with Crippen LogP contribution in [0.4, 0.5) is 4.79 Å². The number of piperidine rings is 3. The third-order valence-electron chi connectivity index (χ3n) is 7.35. The van der Waals surface area contributed by atoms with E-state index in [0.29, 0.717) is 12.5 Å². The topological polar surface area (TPSA) is 69.3 Å². The molecule has 182 valence electrons. The minimum Gasteiger partial charge on any atom is -0.493 e. The van der Waals surface area contributed by atoms with E-state index in [-0.39, 0.29) is 30.4 Å². The fourth-order valence-electron chi connectivity index (χ4n) is 5.39. The van der Waals surface area contributed by atoms with Crippen molar-refractivity contribution in [2.75, 3.05) is 40.1 Å². The Morgan fingerprint density at radius 3 is 2.71 bits per heavy atom. The van der Waals surface area contributed by atoms with Crippen molar-refractivity contribution in [2.45, 2.75) is 38.8 Å². The molecule has 1 N–H and O–H groups in total. The number of nitrogens with zero attached hydrogens (tertiary/aromatic N) is 1. The Labute approximate surface area is 201 Å². The number of hydrogen-bond donors (Lipinski definition) is 1. The summed E-state index contributed by atoms with van der Waals surface area (Å²) in [5, 5.41) is 3.17. The zero-order chi connectivity index (χ0) is 23.7. The van der Waals surface area contributed by atoms with E-state index in [0.717, 1.165) is 60.7 Å². The van der Waals surface area contributed by atoms with Gasteiger partial charge in [-0.25, -0.2) is 4.79 Å². The molecule has 1 unspecified atom stereocenters. The van der Waals surface area contributed by atoms with E-state index in [9.17, 15) is 4.79 Å². The lowest BCUT2D eigenvalue weighted by Crippen LogP contribution is -2.53. The van der Waals surface area contributed by atoms with Gasteiger partial charge in [0.15, 0.2) is 6.79 Å². The van der Waals surface area contributed by atoms with Gasteiger partial charge in [0.1, 0.15) is 17.6 Å². The van der Waals surface area contributed by atoms with Crippen LogP contribution in [0.1, 0.15) is 38.3 Å². The van der Waals surface area contributed by atoms with Gasteiger partial charge in [-0.05, 0) is 49.5 Å². The normalized spacial score (nSPS) is 26.8. The molecule has 2 atom stereocenters. The Morgan fingerprint density at radius 1 is 1.18 bits per heavy atom. The third-order valence-corrected chi connectivity index (χ3v) is 7.35. The molecule has 2 bridgehead atoms. The van der Waals surface area contributed by atoms with E-state index in [2.05, 4.69) is 24.1 Å². The van der Waals surface area contributed by atoms with Gasteiger partial charge in [-0.15, -0.1) is 0 Å². The van der Waals surface area contributed by atoms with Crippen molar-refractivity contribution in [1.82, 2.24) is 10.2 Å². The van der Waals surface area contributed by atoms with Crippen molar-refractivity contribution in [3.05, 3.63) is 48.0 Å². The second-order valence-electron chi connectivity index (χ2n) is 10.2. The number of amides is 1. The molecule has 3 fully saturated rings. The van der Waals surface area contributed by atoms with Gasteiger partial charge in [-0.2, -0.15) is 0 Å². The summed E-state index contributed by atoms with van der Waals surface area (Å²) in [5.74, 6) is 2.00. The molecule has 1 amide bonds. The summed E-state index contributed by atoms with van der Waals surface area (Å²) in [5.41, 5.74) is 2.63. The number of rotatable bonds is 6. The van der Waals surface area contributed by atoms with Crippen LogP contribution in [0.2, 0.25) is 0 Å². The van der Waals surface area contributed by atoms with E-state index in [1.807, 2.05) is 42.5 Å². The molecular formula is C27H34N2O5. The number of nitrogens with one attached hydrogen (secondary N) is 1. The smallest absolute Gasteiger partial charge is 0.407 e. The lowest BCUT2D eigenvalue weighted by atomic mass is 9.78. The third kappa shape index (κ3) is 4.59. The Hall–Kier alpha value is -2.77. The van der Waals surface area contributed by atoms with Crippen LogP contribution >= 0.6 is 0 Å². The minimum absolute atomic E-state index is 0.0177. The van der Waals surface area contributed by atoms with Gasteiger partial charge in [0.25, 0.3) is 0 Å². The number of carbonyl (C=O) groups is 1. The first-order valence-corrected chi connectivity index (χ1v) is 12.1. The van der Waals surface area contributed by atoms with Crippen molar-refractivity contribution in [3.8, 4) is 22.6 Å². The maximum atomic E-state index is 13.0. The molecule has 4 heterocycles. The molecule has 0 aliphatic carbocycles. The average molecular weight is 467 g/mol. The van der Waals surface area contributed by atoms with Crippen molar-refractivity contribution in [1.29, 1.82) is 0 Å². The summed E-state index contributed by atoms with van der Waals surface area (Å²) >= 11 is 0. The van der Waals surface area contributed by atoms with Gasteiger partial charge >= 0.3 is 6.09 Å². The molecule has 0 aromatic heterocycles. The van der Waals surface area contributed by atoms with Crippen molar-refractivity contribution in [2.24, 2.45) is 11.3 Å². The molecule has 34 heavy (non-hydrogen) atoms. The first-order chi connectivity index (χ1) is 16.4. The highest BCUT2D eigenvalue weighted by molar-refractivity contribution is 5.73. The zero-order valence-electron chi connectivity index (χ0n) is 20.2. The summed E-state index contributed by atoms with van der Waals surface area (Å²) in [6, 6.07) is 13.8. The van der Waals surface area contributed by atoms with Gasteiger partial charge < -0.3 is 24.3 Å². The molecule has 3 saturated heterocycles. The summed E-state index contributed by atoms with van der Waals surface area (Å²) < 4.78 is 22.9. The van der Waals surface area contributed by atoms with Crippen LogP contribution in [-0.2, 0) is 9.47 Å². The highest BCUT2D eigenvalue weighted by Gasteiger charge is 2.41. The van der Waals surface area contributed by atoms with Gasteiger partial charge in [-0.1, -0.05) is 44.2 Å². The largest absolute Gasteiger partial charge is 0.493 e. The monoisotopic (exact) mass is 466 g/mol. The van der Waals surface area contributed by atoms with Crippen LogP contribution in [-0.4, -0.2) is 57.2 Å². The molecule has 0 radical (unpaired) electrons. The Kier molecular flexibility index (Phi) is 6.40. The van der Waals surface area contributed by atoms with Crippen LogP contribution < -0.4 is 14.8 Å². The van der Waals surface area contributed by atoms with Crippen molar-refractivity contribution < 1.29 is 23.7 Å². The Morgan fingerprint density at radius 2 is 1.97 bits per heavy atom. The lowest BCUT2D eigenvalue weighted by molar-refractivity contribution is -0.0361. The van der Waals surface area contributed by atoms with Crippen LogP contribution in [0.15, 0.2) is 42.5 Å². The highest BCUT2D eigenvalue weighted by Crippen LogP contribution is 2.45. The first kappa shape index (κ1) is 23.0. The van der Waals surface area contributed by atoms with E-state index in [1.165, 1.54) is 0 Å². The highest BCUT2D eigenvalue weighted by atomic mass is 16.7. The fourth-order valence-corrected chi connectivity index (χ4v) is 5.39. The van der Waals surface area contributed by atoms with E-state index in [1.54, 1.807) is 7.11 Å². The molecule has 2 aromatic rings. The molecule has 6 rings (SSSR count). The number of carbonyl (C=O) groups excluding carboxylic acids is 1. The van der Waals surface area contributed by atoms with Crippen LogP contribution in [0.3, 0.4) is 0 Å². The second kappa shape index (κ2) is 9.47. The maximum absolute atomic E-state index is 13.0. The van der Waals surface area contributed by atoms with Gasteiger partial charge in [0.2, 0.25) is 0 Å². The van der Waals surface area contributed by atoms with Crippen molar-refractivity contribution in [3.63, 3.8) is 0 Å². The zero-order valence-corrected chi connectivity index (χ0v) is 20.2. The molecular weight excluding hydrogens is 432 g/mol. The molecule has 0 saturated carbocycles. The SMILES string of the molecule is COCOc1ccccc1-c1ccc2c(c1)OCC(C)(C)C2NC(=O)O[C@H]1CN2CCC1CC2. The molecule has 4 aliphatic rings. The average Bonchev–Trinajstić information content (AvgIpc) is 2.85. The summed E-state index contributed by atoms with van der Waals surface area (Å²) in [7, 11) is 1.60. The predicted molar refractivity (Wildman–Crippen MR) is 129 cm³/mol. The molecule has 7 heteroatoms. The number of methoxy groups -OCH3 is 1. The minimum atomic E-state index is -0.341. The van der Waals surface area contributed by atoms with Crippen LogP contribution in [0.25, 0.3) is 11.1 Å². The number of hydrogen-bond acceptors (Lipinski definition) is 6. The lowest BCUT2D eigenvalue weighted by Gasteiger charge is -2.44. The van der Waals surface area contributed by atoms with Gasteiger partial charge in [0.05, 0.1) is 12.6 Å². The number of fused-ring (bicyclic) bond motifs is 4. The molecule has 4 aliphatic heterocycles. The Balaban J connectivity index is 1.35. The first-order valence-electron chi connectivity index (χ1n) is 12.1. The standard InChI is InChI=1S/C27H34N2O5/c1-27(2)16-32-23-14-19(20-6-4-5-7-22(20)33-17-31-3)8-9-21(23)25(27)28-26(30)34-24-15-29-12-10-18(24)11-13-29/h4-9,14,18,24-25H,10-13,15-17H2,1-3H3,(H,28,30)/t24-,25?/m0/s1. The Bertz CT molecular complexity index is 1030. The van der Waals surface area contributed by atoms with E-state index >= 15 is 0 Å².